The van der Waals surface area contributed by atoms with E-state index in [4.69, 9.17) is 5.21 Å². The van der Waals surface area contributed by atoms with Crippen LogP contribution in [0.2, 0.25) is 0 Å². The number of hydrogen-bond donors (Lipinski definition) is 3. The molecule has 1 saturated heterocycles. The molecule has 1 saturated carbocycles. The molecule has 1 aliphatic carbocycles. The highest BCUT2D eigenvalue weighted by Gasteiger charge is 2.25. The number of aromatic nitrogens is 1. The summed E-state index contributed by atoms with van der Waals surface area (Å²) in [7, 11) is 0. The maximum atomic E-state index is 11.0. The highest BCUT2D eigenvalue weighted by Crippen LogP contribution is 2.26. The average Bonchev–Trinajstić information content (AvgIpc) is 3.08. The molecule has 6 nitrogen and oxygen atoms in total. The standard InChI is InChI=1S/C19H28N4O2/c24-19(22-25)9-7-15-6-8-18(20-12-15)21-17-10-11-23(14-17)13-16-4-2-1-3-5-16/h6-9,12,16-17,25H,1-5,10-11,13-14H2,(H,20,21)(H,22,24)/t17-/m1/s1. The molecule has 0 unspecified atom stereocenters. The Kier molecular flexibility index (Phi) is 6.42. The number of carbonyl (C=O) groups is 1. The number of hydroxylamine groups is 1. The molecule has 25 heavy (non-hydrogen) atoms. The Morgan fingerprint density at radius 3 is 2.84 bits per heavy atom. The largest absolute Gasteiger partial charge is 0.366 e. The Balaban J connectivity index is 1.45. The van der Waals surface area contributed by atoms with Gasteiger partial charge in [0, 0.05) is 37.9 Å². The highest BCUT2D eigenvalue weighted by molar-refractivity contribution is 5.90. The molecule has 1 aromatic heterocycles. The first kappa shape index (κ1) is 17.9. The lowest BCUT2D eigenvalue weighted by Crippen LogP contribution is -2.31. The monoisotopic (exact) mass is 344 g/mol. The number of hydrogen-bond acceptors (Lipinski definition) is 5. The van der Waals surface area contributed by atoms with Crippen molar-refractivity contribution in [2.24, 2.45) is 5.92 Å². The van der Waals surface area contributed by atoms with Gasteiger partial charge in [-0.1, -0.05) is 19.3 Å². The molecule has 2 fully saturated rings. The molecule has 1 aliphatic heterocycles. The van der Waals surface area contributed by atoms with Gasteiger partial charge < -0.3 is 10.2 Å². The second kappa shape index (κ2) is 8.97. The summed E-state index contributed by atoms with van der Waals surface area (Å²) < 4.78 is 0. The van der Waals surface area contributed by atoms with Crippen LogP contribution in [0.3, 0.4) is 0 Å². The van der Waals surface area contributed by atoms with Crippen molar-refractivity contribution in [3.05, 3.63) is 30.0 Å². The van der Waals surface area contributed by atoms with Crippen molar-refractivity contribution in [3.63, 3.8) is 0 Å². The number of carbonyl (C=O) groups excluding carboxylic acids is 1. The van der Waals surface area contributed by atoms with Crippen LogP contribution in [0.15, 0.2) is 24.4 Å². The predicted molar refractivity (Wildman–Crippen MR) is 98.2 cm³/mol. The van der Waals surface area contributed by atoms with Crippen LogP contribution in [-0.2, 0) is 4.79 Å². The van der Waals surface area contributed by atoms with Crippen LogP contribution in [-0.4, -0.2) is 46.7 Å². The molecule has 2 heterocycles. The van der Waals surface area contributed by atoms with E-state index in [2.05, 4.69) is 15.2 Å². The van der Waals surface area contributed by atoms with Crippen molar-refractivity contribution in [3.8, 4) is 0 Å². The summed E-state index contributed by atoms with van der Waals surface area (Å²) in [5.74, 6) is 1.22. The normalized spacial score (nSPS) is 22.4. The number of pyridine rings is 1. The van der Waals surface area contributed by atoms with E-state index in [1.165, 1.54) is 51.3 Å². The number of nitrogens with zero attached hydrogens (tertiary/aromatic N) is 2. The van der Waals surface area contributed by atoms with Crippen LogP contribution < -0.4 is 10.8 Å². The molecule has 0 radical (unpaired) electrons. The molecule has 1 atom stereocenters. The zero-order valence-corrected chi connectivity index (χ0v) is 14.7. The quantitative estimate of drug-likeness (QED) is 0.420. The smallest absolute Gasteiger partial charge is 0.267 e. The SMILES string of the molecule is O=C(C=Cc1ccc(N[C@@H]2CCN(CC3CCCCC3)C2)nc1)NO. The van der Waals surface area contributed by atoms with Gasteiger partial charge in [0.1, 0.15) is 5.82 Å². The predicted octanol–water partition coefficient (Wildman–Crippen LogP) is 2.67. The number of anilines is 1. The van der Waals surface area contributed by atoms with Crippen molar-refractivity contribution in [1.29, 1.82) is 0 Å². The first-order chi connectivity index (χ1) is 12.2. The van der Waals surface area contributed by atoms with Crippen molar-refractivity contribution < 1.29 is 10.0 Å². The van der Waals surface area contributed by atoms with Crippen molar-refractivity contribution in [1.82, 2.24) is 15.4 Å². The third kappa shape index (κ3) is 5.54. The molecule has 1 aromatic rings. The summed E-state index contributed by atoms with van der Waals surface area (Å²) in [4.78, 5) is 18.0. The summed E-state index contributed by atoms with van der Waals surface area (Å²) in [5.41, 5.74) is 2.38. The van der Waals surface area contributed by atoms with Gasteiger partial charge in [0.25, 0.3) is 5.91 Å². The minimum atomic E-state index is -0.550. The molecule has 1 amide bonds. The maximum absolute atomic E-state index is 11.0. The van der Waals surface area contributed by atoms with Gasteiger partial charge in [-0.25, -0.2) is 10.5 Å². The number of likely N-dealkylation sites (tertiary alicyclic amines) is 1. The van der Waals surface area contributed by atoms with Gasteiger partial charge in [0.2, 0.25) is 0 Å². The molecule has 6 heteroatoms. The number of nitrogens with one attached hydrogen (secondary N) is 2. The molecule has 0 aromatic carbocycles. The minimum Gasteiger partial charge on any atom is -0.366 e. The van der Waals surface area contributed by atoms with Gasteiger partial charge in [0.15, 0.2) is 0 Å². The van der Waals surface area contributed by atoms with E-state index >= 15 is 0 Å². The van der Waals surface area contributed by atoms with Gasteiger partial charge in [-0.3, -0.25) is 10.0 Å². The fourth-order valence-corrected chi connectivity index (χ4v) is 3.86. The molecule has 3 N–H and O–H groups in total. The van der Waals surface area contributed by atoms with Crippen LogP contribution in [0.4, 0.5) is 5.82 Å². The lowest BCUT2D eigenvalue weighted by atomic mass is 9.89. The third-order valence-electron chi connectivity index (χ3n) is 5.19. The molecular formula is C19H28N4O2. The lowest BCUT2D eigenvalue weighted by Gasteiger charge is -2.26. The van der Waals surface area contributed by atoms with E-state index in [0.717, 1.165) is 30.3 Å². The zero-order chi connectivity index (χ0) is 17.5. The molecular weight excluding hydrogens is 316 g/mol. The van der Waals surface area contributed by atoms with Crippen LogP contribution in [0, 0.1) is 5.92 Å². The van der Waals surface area contributed by atoms with E-state index in [1.807, 2.05) is 12.1 Å². The summed E-state index contributed by atoms with van der Waals surface area (Å²) in [6.07, 6.45) is 12.8. The minimum absolute atomic E-state index is 0.456. The van der Waals surface area contributed by atoms with Crippen LogP contribution in [0.25, 0.3) is 6.08 Å². The Morgan fingerprint density at radius 1 is 1.28 bits per heavy atom. The van der Waals surface area contributed by atoms with Crippen molar-refractivity contribution in [2.75, 3.05) is 25.0 Å². The second-order valence-electron chi connectivity index (χ2n) is 7.18. The topological polar surface area (TPSA) is 77.5 Å². The van der Waals surface area contributed by atoms with Gasteiger partial charge in [0.05, 0.1) is 0 Å². The number of rotatable bonds is 6. The van der Waals surface area contributed by atoms with E-state index < -0.39 is 5.91 Å². The van der Waals surface area contributed by atoms with Crippen molar-refractivity contribution >= 4 is 17.8 Å². The Hall–Kier alpha value is -1.92. The Bertz CT molecular complexity index is 582. The maximum Gasteiger partial charge on any atom is 0.267 e. The summed E-state index contributed by atoms with van der Waals surface area (Å²) in [5, 5.41) is 12.0. The Labute approximate surface area is 149 Å². The highest BCUT2D eigenvalue weighted by atomic mass is 16.5. The number of amides is 1. The first-order valence-corrected chi connectivity index (χ1v) is 9.30. The average molecular weight is 344 g/mol. The van der Waals surface area contributed by atoms with Gasteiger partial charge in [-0.05, 0) is 49.0 Å². The molecule has 0 spiro atoms. The van der Waals surface area contributed by atoms with Gasteiger partial charge in [-0.15, -0.1) is 0 Å². The molecule has 0 bridgehead atoms. The Morgan fingerprint density at radius 2 is 2.12 bits per heavy atom. The van der Waals surface area contributed by atoms with Crippen molar-refractivity contribution in [2.45, 2.75) is 44.6 Å². The second-order valence-corrected chi connectivity index (χ2v) is 7.18. The zero-order valence-electron chi connectivity index (χ0n) is 14.7. The van der Waals surface area contributed by atoms with Gasteiger partial charge in [-0.2, -0.15) is 0 Å². The van der Waals surface area contributed by atoms with E-state index in [9.17, 15) is 4.79 Å². The summed E-state index contributed by atoms with van der Waals surface area (Å²) >= 11 is 0. The van der Waals surface area contributed by atoms with Crippen LogP contribution >= 0.6 is 0 Å². The lowest BCUT2D eigenvalue weighted by molar-refractivity contribution is -0.124. The molecule has 136 valence electrons. The van der Waals surface area contributed by atoms with Crippen LogP contribution in [0.1, 0.15) is 44.1 Å². The summed E-state index contributed by atoms with van der Waals surface area (Å²) in [6, 6.07) is 4.30. The third-order valence-corrected chi connectivity index (χ3v) is 5.19. The molecule has 3 rings (SSSR count). The first-order valence-electron chi connectivity index (χ1n) is 9.30. The van der Waals surface area contributed by atoms with Gasteiger partial charge >= 0.3 is 0 Å². The van der Waals surface area contributed by atoms with E-state index in [0.29, 0.717) is 6.04 Å². The van der Waals surface area contributed by atoms with E-state index in [1.54, 1.807) is 17.8 Å². The summed E-state index contributed by atoms with van der Waals surface area (Å²) in [6.45, 7) is 3.52. The van der Waals surface area contributed by atoms with E-state index in [-0.39, 0.29) is 0 Å². The fraction of sp³-hybridized carbons (Fsp3) is 0.579. The fourth-order valence-electron chi connectivity index (χ4n) is 3.86. The molecule has 2 aliphatic rings. The van der Waals surface area contributed by atoms with Crippen LogP contribution in [0.5, 0.6) is 0 Å².